The number of aromatic carboxylic acids is 1. The highest BCUT2D eigenvalue weighted by Crippen LogP contribution is 2.37. The van der Waals surface area contributed by atoms with E-state index in [1.165, 1.54) is 18.2 Å². The fraction of sp³-hybridized carbons (Fsp3) is 0.500. The smallest absolute Gasteiger partial charge is 0.391 e. The molecule has 0 radical (unpaired) electrons. The van der Waals surface area contributed by atoms with Crippen molar-refractivity contribution in [1.82, 2.24) is 5.32 Å². The molecule has 1 aromatic rings. The zero-order valence-electron chi connectivity index (χ0n) is 12.6. The van der Waals surface area contributed by atoms with Crippen LogP contribution >= 0.6 is 0 Å². The summed E-state index contributed by atoms with van der Waals surface area (Å²) in [7, 11) is 0. The van der Waals surface area contributed by atoms with Crippen molar-refractivity contribution in [2.75, 3.05) is 0 Å². The molecule has 0 heterocycles. The summed E-state index contributed by atoms with van der Waals surface area (Å²) in [5.74, 6) is -3.09. The van der Waals surface area contributed by atoms with E-state index >= 15 is 0 Å². The largest absolute Gasteiger partial charge is 0.478 e. The molecule has 2 N–H and O–H groups in total. The van der Waals surface area contributed by atoms with Crippen LogP contribution in [-0.4, -0.2) is 29.2 Å². The minimum absolute atomic E-state index is 0.0213. The third kappa shape index (κ3) is 4.46. The summed E-state index contributed by atoms with van der Waals surface area (Å²) < 4.78 is 38.4. The summed E-state index contributed by atoms with van der Waals surface area (Å²) in [4.78, 5) is 23.2. The lowest BCUT2D eigenvalue weighted by atomic mass is 9.85. The molecule has 4 nitrogen and oxygen atoms in total. The zero-order chi connectivity index (χ0) is 17.2. The van der Waals surface area contributed by atoms with E-state index in [9.17, 15) is 22.8 Å². The quantitative estimate of drug-likeness (QED) is 0.891. The lowest BCUT2D eigenvalue weighted by Crippen LogP contribution is -2.41. The molecular formula is C16H18F3NO3. The Balaban J connectivity index is 2.08. The summed E-state index contributed by atoms with van der Waals surface area (Å²) >= 11 is 0. The SMILES string of the molecule is Cc1cc(C(=O)O)cc(C(=O)NC2CCCC(C(F)(F)F)C2)c1. The molecule has 1 aromatic carbocycles. The first kappa shape index (κ1) is 17.3. The number of hydrogen-bond acceptors (Lipinski definition) is 2. The second kappa shape index (κ2) is 6.60. The van der Waals surface area contributed by atoms with E-state index in [0.717, 1.165) is 0 Å². The molecule has 0 aromatic heterocycles. The maximum atomic E-state index is 12.8. The molecule has 1 saturated carbocycles. The van der Waals surface area contributed by atoms with Gasteiger partial charge in [-0.1, -0.05) is 6.42 Å². The van der Waals surface area contributed by atoms with Gasteiger partial charge in [-0.2, -0.15) is 13.2 Å². The maximum Gasteiger partial charge on any atom is 0.391 e. The number of nitrogens with one attached hydrogen (secondary N) is 1. The molecule has 1 fully saturated rings. The first-order chi connectivity index (χ1) is 10.7. The van der Waals surface area contributed by atoms with Gasteiger partial charge in [-0.3, -0.25) is 4.79 Å². The summed E-state index contributed by atoms with van der Waals surface area (Å²) in [6, 6.07) is 3.64. The number of halogens is 3. The van der Waals surface area contributed by atoms with Crippen LogP contribution in [0.1, 0.15) is 52.0 Å². The molecule has 2 rings (SSSR count). The number of amides is 1. The van der Waals surface area contributed by atoms with Crippen LogP contribution in [0.2, 0.25) is 0 Å². The van der Waals surface area contributed by atoms with E-state index < -0.39 is 30.0 Å². The Hall–Kier alpha value is -2.05. The lowest BCUT2D eigenvalue weighted by Gasteiger charge is -2.31. The van der Waals surface area contributed by atoms with Crippen LogP contribution in [0.15, 0.2) is 18.2 Å². The number of carbonyl (C=O) groups excluding carboxylic acids is 1. The molecule has 7 heteroatoms. The average molecular weight is 329 g/mol. The molecule has 0 aliphatic heterocycles. The summed E-state index contributed by atoms with van der Waals surface area (Å²) in [5.41, 5.74) is 0.732. The van der Waals surface area contributed by atoms with E-state index in [4.69, 9.17) is 5.11 Å². The molecule has 23 heavy (non-hydrogen) atoms. The number of benzene rings is 1. The van der Waals surface area contributed by atoms with Gasteiger partial charge in [0.05, 0.1) is 11.5 Å². The van der Waals surface area contributed by atoms with Crippen LogP contribution in [-0.2, 0) is 0 Å². The monoisotopic (exact) mass is 329 g/mol. The van der Waals surface area contributed by atoms with Gasteiger partial charge in [0.25, 0.3) is 5.91 Å². The molecule has 1 aliphatic carbocycles. The maximum absolute atomic E-state index is 12.8. The van der Waals surface area contributed by atoms with Crippen molar-refractivity contribution >= 4 is 11.9 Å². The predicted octanol–water partition coefficient (Wildman–Crippen LogP) is 3.54. The van der Waals surface area contributed by atoms with E-state index in [0.29, 0.717) is 18.4 Å². The third-order valence-corrected chi connectivity index (χ3v) is 4.06. The molecule has 2 unspecified atom stereocenters. The Bertz CT molecular complexity index is 613. The Labute approximate surface area is 131 Å². The number of hydrogen-bond donors (Lipinski definition) is 2. The fourth-order valence-electron chi connectivity index (χ4n) is 2.92. The van der Waals surface area contributed by atoms with Crippen molar-refractivity contribution in [3.63, 3.8) is 0 Å². The van der Waals surface area contributed by atoms with Crippen molar-refractivity contribution in [1.29, 1.82) is 0 Å². The third-order valence-electron chi connectivity index (χ3n) is 4.06. The highest BCUT2D eigenvalue weighted by molar-refractivity contribution is 5.97. The Morgan fingerprint density at radius 3 is 2.43 bits per heavy atom. The summed E-state index contributed by atoms with van der Waals surface area (Å²) in [5, 5.41) is 11.6. The Kier molecular flexibility index (Phi) is 4.97. The van der Waals surface area contributed by atoms with Crippen molar-refractivity contribution in [3.05, 3.63) is 34.9 Å². The van der Waals surface area contributed by atoms with E-state index in [1.54, 1.807) is 6.92 Å². The van der Waals surface area contributed by atoms with Gasteiger partial charge in [-0.15, -0.1) is 0 Å². The fourth-order valence-corrected chi connectivity index (χ4v) is 2.92. The first-order valence-corrected chi connectivity index (χ1v) is 7.39. The van der Waals surface area contributed by atoms with Crippen molar-refractivity contribution in [2.24, 2.45) is 5.92 Å². The van der Waals surface area contributed by atoms with Gasteiger partial charge in [-0.05, 0) is 49.9 Å². The average Bonchev–Trinajstić information content (AvgIpc) is 2.46. The van der Waals surface area contributed by atoms with Crippen LogP contribution in [0.5, 0.6) is 0 Å². The van der Waals surface area contributed by atoms with Crippen LogP contribution in [0.3, 0.4) is 0 Å². The molecular weight excluding hydrogens is 311 g/mol. The lowest BCUT2D eigenvalue weighted by molar-refractivity contribution is -0.183. The van der Waals surface area contributed by atoms with E-state index in [2.05, 4.69) is 5.32 Å². The van der Waals surface area contributed by atoms with Crippen LogP contribution in [0.25, 0.3) is 0 Å². The highest BCUT2D eigenvalue weighted by atomic mass is 19.4. The molecule has 1 aliphatic rings. The Morgan fingerprint density at radius 2 is 1.83 bits per heavy atom. The molecule has 0 spiro atoms. The zero-order valence-corrected chi connectivity index (χ0v) is 12.6. The van der Waals surface area contributed by atoms with Crippen molar-refractivity contribution in [3.8, 4) is 0 Å². The van der Waals surface area contributed by atoms with Crippen molar-refractivity contribution in [2.45, 2.75) is 44.8 Å². The molecule has 126 valence electrons. The normalized spacial score (nSPS) is 21.7. The number of carboxylic acids is 1. The predicted molar refractivity (Wildman–Crippen MR) is 77.4 cm³/mol. The van der Waals surface area contributed by atoms with Gasteiger partial charge >= 0.3 is 12.1 Å². The second-order valence-corrected chi connectivity index (χ2v) is 5.97. The standard InChI is InChI=1S/C16H18F3NO3/c1-9-5-10(7-11(6-9)15(22)23)14(21)20-13-4-2-3-12(8-13)16(17,18)19/h5-7,12-13H,2-4,8H2,1H3,(H,20,21)(H,22,23). The highest BCUT2D eigenvalue weighted by Gasteiger charge is 2.42. The van der Waals surface area contributed by atoms with Gasteiger partial charge in [0, 0.05) is 11.6 Å². The summed E-state index contributed by atoms with van der Waals surface area (Å²) in [6.45, 7) is 1.66. The van der Waals surface area contributed by atoms with Crippen LogP contribution in [0, 0.1) is 12.8 Å². The molecule has 1 amide bonds. The molecule has 0 bridgehead atoms. The summed E-state index contributed by atoms with van der Waals surface area (Å²) in [6.07, 6.45) is -3.39. The molecule has 2 atom stereocenters. The van der Waals surface area contributed by atoms with Gasteiger partial charge in [-0.25, -0.2) is 4.79 Å². The number of rotatable bonds is 3. The van der Waals surface area contributed by atoms with Gasteiger partial charge in [0.2, 0.25) is 0 Å². The van der Waals surface area contributed by atoms with Gasteiger partial charge < -0.3 is 10.4 Å². The first-order valence-electron chi connectivity index (χ1n) is 7.39. The van der Waals surface area contributed by atoms with Crippen LogP contribution < -0.4 is 5.32 Å². The minimum Gasteiger partial charge on any atom is -0.478 e. The number of alkyl halides is 3. The van der Waals surface area contributed by atoms with Gasteiger partial charge in [0.15, 0.2) is 0 Å². The van der Waals surface area contributed by atoms with Gasteiger partial charge in [0.1, 0.15) is 0 Å². The van der Waals surface area contributed by atoms with Crippen LogP contribution in [0.4, 0.5) is 13.2 Å². The molecule has 0 saturated heterocycles. The van der Waals surface area contributed by atoms with E-state index in [-0.39, 0.29) is 24.0 Å². The Morgan fingerprint density at radius 1 is 1.17 bits per heavy atom. The number of aryl methyl sites for hydroxylation is 1. The van der Waals surface area contributed by atoms with Crippen molar-refractivity contribution < 1.29 is 27.9 Å². The number of carboxylic acid groups (broad SMARTS) is 1. The number of carbonyl (C=O) groups is 2. The second-order valence-electron chi connectivity index (χ2n) is 5.97. The minimum atomic E-state index is -4.25. The topological polar surface area (TPSA) is 66.4 Å². The van der Waals surface area contributed by atoms with E-state index in [1.807, 2.05) is 0 Å².